The minimum atomic E-state index is 0.131. The van der Waals surface area contributed by atoms with Gasteiger partial charge in [-0.1, -0.05) is 6.92 Å². The highest BCUT2D eigenvalue weighted by atomic mass is 32.1. The first-order valence-electron chi connectivity index (χ1n) is 3.42. The number of nitrogens with zero attached hydrogens (tertiary/aromatic N) is 1. The third kappa shape index (κ3) is 1.36. The van der Waals surface area contributed by atoms with E-state index in [1.165, 1.54) is 17.1 Å². The molecule has 1 atom stereocenters. The number of hydrogen-bond acceptors (Lipinski definition) is 3. The summed E-state index contributed by atoms with van der Waals surface area (Å²) in [7, 11) is 0. The Labute approximate surface area is 65.2 Å². The zero-order chi connectivity index (χ0) is 7.56. The van der Waals surface area contributed by atoms with Crippen molar-refractivity contribution in [1.82, 2.24) is 4.37 Å². The molecule has 0 saturated carbocycles. The fourth-order valence-electron chi connectivity index (χ4n) is 0.848. The van der Waals surface area contributed by atoms with Gasteiger partial charge in [0.25, 0.3) is 0 Å². The van der Waals surface area contributed by atoms with Crippen molar-refractivity contribution < 1.29 is 0 Å². The second-order valence-electron chi connectivity index (χ2n) is 2.40. The van der Waals surface area contributed by atoms with Crippen LogP contribution in [0.25, 0.3) is 0 Å². The topological polar surface area (TPSA) is 38.9 Å². The highest BCUT2D eigenvalue weighted by molar-refractivity contribution is 7.03. The fourth-order valence-corrected chi connectivity index (χ4v) is 1.57. The Morgan fingerprint density at radius 2 is 2.50 bits per heavy atom. The Balaban J connectivity index is 2.82. The SMILES string of the molecule is CCC(N)c1nscc1C. The van der Waals surface area contributed by atoms with E-state index in [4.69, 9.17) is 5.73 Å². The van der Waals surface area contributed by atoms with Crippen molar-refractivity contribution in [3.05, 3.63) is 16.6 Å². The van der Waals surface area contributed by atoms with E-state index in [0.29, 0.717) is 0 Å². The molecule has 1 aromatic rings. The molecule has 0 radical (unpaired) electrons. The molecule has 0 aliphatic rings. The molecule has 1 unspecified atom stereocenters. The quantitative estimate of drug-likeness (QED) is 0.709. The molecule has 0 saturated heterocycles. The maximum absolute atomic E-state index is 5.78. The lowest BCUT2D eigenvalue weighted by molar-refractivity contribution is 0.679. The first kappa shape index (κ1) is 7.69. The van der Waals surface area contributed by atoms with Gasteiger partial charge in [0.05, 0.1) is 5.69 Å². The van der Waals surface area contributed by atoms with Crippen LogP contribution in [0.3, 0.4) is 0 Å². The monoisotopic (exact) mass is 156 g/mol. The molecule has 0 amide bonds. The molecule has 2 N–H and O–H groups in total. The summed E-state index contributed by atoms with van der Waals surface area (Å²) in [5.41, 5.74) is 8.07. The Morgan fingerprint density at radius 1 is 1.80 bits per heavy atom. The molecule has 0 fully saturated rings. The number of rotatable bonds is 2. The van der Waals surface area contributed by atoms with Crippen LogP contribution in [0.4, 0.5) is 0 Å². The van der Waals surface area contributed by atoms with Gasteiger partial charge < -0.3 is 5.73 Å². The highest BCUT2D eigenvalue weighted by Crippen LogP contribution is 2.17. The number of hydrogen-bond donors (Lipinski definition) is 1. The van der Waals surface area contributed by atoms with Crippen LogP contribution in [-0.4, -0.2) is 4.37 Å². The van der Waals surface area contributed by atoms with Gasteiger partial charge in [0.15, 0.2) is 0 Å². The largest absolute Gasteiger partial charge is 0.323 e. The van der Waals surface area contributed by atoms with E-state index in [1.54, 1.807) is 0 Å². The van der Waals surface area contributed by atoms with Crippen molar-refractivity contribution in [1.29, 1.82) is 0 Å². The lowest BCUT2D eigenvalue weighted by atomic mass is 10.1. The average Bonchev–Trinajstić information content (AvgIpc) is 2.34. The number of aryl methyl sites for hydroxylation is 1. The van der Waals surface area contributed by atoms with E-state index in [9.17, 15) is 0 Å². The van der Waals surface area contributed by atoms with E-state index in [0.717, 1.165) is 12.1 Å². The summed E-state index contributed by atoms with van der Waals surface area (Å²) in [6, 6.07) is 0.131. The van der Waals surface area contributed by atoms with Crippen molar-refractivity contribution in [2.45, 2.75) is 26.3 Å². The molecule has 10 heavy (non-hydrogen) atoms. The zero-order valence-electron chi connectivity index (χ0n) is 6.29. The third-order valence-electron chi connectivity index (χ3n) is 1.58. The number of aromatic nitrogens is 1. The van der Waals surface area contributed by atoms with Crippen LogP contribution in [0.1, 0.15) is 30.6 Å². The summed E-state index contributed by atoms with van der Waals surface area (Å²) in [6.07, 6.45) is 0.963. The van der Waals surface area contributed by atoms with Gasteiger partial charge >= 0.3 is 0 Å². The van der Waals surface area contributed by atoms with E-state index < -0.39 is 0 Å². The average molecular weight is 156 g/mol. The predicted octanol–water partition coefficient (Wildman–Crippen LogP) is 1.86. The molecule has 0 aliphatic heterocycles. The molecule has 0 spiro atoms. The smallest absolute Gasteiger partial charge is 0.0738 e. The second-order valence-corrected chi connectivity index (χ2v) is 3.03. The maximum Gasteiger partial charge on any atom is 0.0738 e. The predicted molar refractivity (Wildman–Crippen MR) is 44.1 cm³/mol. The zero-order valence-corrected chi connectivity index (χ0v) is 7.11. The molecule has 56 valence electrons. The molecule has 3 heteroatoms. The Kier molecular flexibility index (Phi) is 2.40. The summed E-state index contributed by atoms with van der Waals surface area (Å²) in [5, 5.41) is 2.03. The molecule has 0 bridgehead atoms. The van der Waals surface area contributed by atoms with Crippen LogP contribution >= 0.6 is 11.5 Å². The van der Waals surface area contributed by atoms with Gasteiger partial charge in [-0.05, 0) is 30.4 Å². The lowest BCUT2D eigenvalue weighted by Crippen LogP contribution is -2.09. The van der Waals surface area contributed by atoms with Gasteiger partial charge in [0.1, 0.15) is 0 Å². The summed E-state index contributed by atoms with van der Waals surface area (Å²) in [4.78, 5) is 0. The Hall–Kier alpha value is -0.410. The van der Waals surface area contributed by atoms with Gasteiger partial charge in [0.2, 0.25) is 0 Å². The molecule has 1 rings (SSSR count). The molecule has 0 aliphatic carbocycles. The van der Waals surface area contributed by atoms with Crippen molar-refractivity contribution >= 4 is 11.5 Å². The molecular formula is C7H12N2S. The normalized spacial score (nSPS) is 13.5. The Bertz CT molecular complexity index is 207. The van der Waals surface area contributed by atoms with E-state index >= 15 is 0 Å². The van der Waals surface area contributed by atoms with Crippen LogP contribution < -0.4 is 5.73 Å². The summed E-state index contributed by atoms with van der Waals surface area (Å²) < 4.78 is 4.20. The fraction of sp³-hybridized carbons (Fsp3) is 0.571. The summed E-state index contributed by atoms with van der Waals surface area (Å²) >= 11 is 1.48. The third-order valence-corrected chi connectivity index (χ3v) is 2.34. The van der Waals surface area contributed by atoms with Crippen LogP contribution in [0.5, 0.6) is 0 Å². The standard InChI is InChI=1S/C7H12N2S/c1-3-6(8)7-5(2)4-10-9-7/h4,6H,3,8H2,1-2H3. The summed E-state index contributed by atoms with van der Waals surface area (Å²) in [6.45, 7) is 4.12. The van der Waals surface area contributed by atoms with E-state index in [2.05, 4.69) is 11.3 Å². The van der Waals surface area contributed by atoms with Gasteiger partial charge in [0, 0.05) is 11.4 Å². The van der Waals surface area contributed by atoms with Gasteiger partial charge in [-0.15, -0.1) is 0 Å². The Morgan fingerprint density at radius 3 is 2.90 bits per heavy atom. The van der Waals surface area contributed by atoms with E-state index in [-0.39, 0.29) is 6.04 Å². The van der Waals surface area contributed by atoms with Crippen molar-refractivity contribution in [2.24, 2.45) is 5.73 Å². The van der Waals surface area contributed by atoms with Crippen LogP contribution in [0, 0.1) is 6.92 Å². The minimum Gasteiger partial charge on any atom is -0.323 e. The molecule has 1 heterocycles. The minimum absolute atomic E-state index is 0.131. The molecule has 2 nitrogen and oxygen atoms in total. The van der Waals surface area contributed by atoms with Gasteiger partial charge in [-0.2, -0.15) is 4.37 Å². The van der Waals surface area contributed by atoms with Crippen molar-refractivity contribution in [3.8, 4) is 0 Å². The lowest BCUT2D eigenvalue weighted by Gasteiger charge is -2.04. The molecular weight excluding hydrogens is 144 g/mol. The molecule has 0 aromatic carbocycles. The van der Waals surface area contributed by atoms with Crippen LogP contribution in [-0.2, 0) is 0 Å². The first-order chi connectivity index (χ1) is 4.75. The van der Waals surface area contributed by atoms with E-state index in [1.807, 2.05) is 12.3 Å². The van der Waals surface area contributed by atoms with Crippen LogP contribution in [0.2, 0.25) is 0 Å². The molecule has 1 aromatic heterocycles. The maximum atomic E-state index is 5.78. The second kappa shape index (κ2) is 3.12. The van der Waals surface area contributed by atoms with Gasteiger partial charge in [-0.25, -0.2) is 0 Å². The highest BCUT2D eigenvalue weighted by Gasteiger charge is 2.08. The first-order valence-corrected chi connectivity index (χ1v) is 4.25. The van der Waals surface area contributed by atoms with Crippen LogP contribution in [0.15, 0.2) is 5.38 Å². The summed E-state index contributed by atoms with van der Waals surface area (Å²) in [5.74, 6) is 0. The van der Waals surface area contributed by atoms with Crippen molar-refractivity contribution in [2.75, 3.05) is 0 Å². The van der Waals surface area contributed by atoms with Gasteiger partial charge in [-0.3, -0.25) is 0 Å². The number of nitrogens with two attached hydrogens (primary N) is 1. The van der Waals surface area contributed by atoms with Crippen molar-refractivity contribution in [3.63, 3.8) is 0 Å².